The van der Waals surface area contributed by atoms with Crippen molar-refractivity contribution in [1.29, 1.82) is 0 Å². The molecule has 1 aliphatic rings. The Morgan fingerprint density at radius 2 is 0.886 bits per heavy atom. The van der Waals surface area contributed by atoms with Gasteiger partial charge < -0.3 is 123 Å². The maximum absolute atomic E-state index is 14.7. The molecule has 1 aliphatic heterocycles. The second-order valence-electron chi connectivity index (χ2n) is 28.4. The van der Waals surface area contributed by atoms with Crippen LogP contribution in [0.2, 0.25) is 0 Å². The monoisotopic (exact) mass is 1610 g/mol. The number of amides is 14. The summed E-state index contributed by atoms with van der Waals surface area (Å²) in [6.07, 6.45) is -0.455. The normalized spacial score (nSPS) is 15.9. The van der Waals surface area contributed by atoms with Gasteiger partial charge in [-0.2, -0.15) is 0 Å². The Morgan fingerprint density at radius 3 is 1.37 bits per heavy atom. The molecule has 1 saturated heterocycles. The van der Waals surface area contributed by atoms with Crippen LogP contribution >= 0.6 is 0 Å². The standard InChI is InChI=1S/C74H116N18O22/c1-6-41(4)61(73(113)85-50(28-30-58(98)99)68(108)86-51(64(104)80-38-59(100)101)35-43-17-8-7-9-18-43)91-70(110)53(37-56(79)95)88-72(112)60(40(2)3)90-69(109)52(36-44-23-25-45(94)26-24-44)87-67(107)49(27-29-57(96)97)82-62(102)42(5)81-71(111)55-22-16-34-92(55)74(114)54(39-93)89-66(106)48(21-12-15-33-77)84-65(105)47(20-11-14-32-76)83-63(103)46(78)19-10-13-31-75/h7-9,17-18,23-26,40-42,46-55,60-61,93-94H,6,10-16,19-22,27-39,75-78H2,1-5H3,(H2,79,95)(H,80,104)(H,81,111)(H,82,102)(H,83,103)(H,84,105)(H,85,113)(H,86,108)(H,87,107)(H,88,112)(H,89,106)(H,90,109)(H,91,110)(H,96,97)(H,98,99)(H,100,101)/t41-,42-,46-,47-,48-,49-,50-,51-,52-,53-,54-,55-,60-,61-/m0/s1. The van der Waals surface area contributed by atoms with E-state index in [9.17, 15) is 107 Å². The predicted molar refractivity (Wildman–Crippen MR) is 410 cm³/mol. The van der Waals surface area contributed by atoms with Gasteiger partial charge >= 0.3 is 17.9 Å². The first-order chi connectivity index (χ1) is 54.0. The second-order valence-corrected chi connectivity index (χ2v) is 28.4. The Kier molecular flexibility index (Phi) is 43.4. The molecule has 634 valence electrons. The fourth-order valence-corrected chi connectivity index (χ4v) is 12.1. The third-order valence-corrected chi connectivity index (χ3v) is 18.8. The number of carbonyl (C=O) groups excluding carboxylic acids is 14. The van der Waals surface area contributed by atoms with Gasteiger partial charge in [-0.05, 0) is 139 Å². The number of aliphatic hydroxyl groups excluding tert-OH is 1. The van der Waals surface area contributed by atoms with E-state index in [4.69, 9.17) is 28.7 Å². The summed E-state index contributed by atoms with van der Waals surface area (Å²) >= 11 is 0. The van der Waals surface area contributed by atoms with Gasteiger partial charge in [-0.15, -0.1) is 0 Å². The summed E-state index contributed by atoms with van der Waals surface area (Å²) in [6, 6.07) is -6.29. The molecule has 0 saturated carbocycles. The molecule has 40 heteroatoms. The number of phenols is 1. The molecule has 0 radical (unpaired) electrons. The van der Waals surface area contributed by atoms with Crippen LogP contribution in [0, 0.1) is 11.8 Å². The van der Waals surface area contributed by atoms with E-state index in [1.54, 1.807) is 37.3 Å². The molecule has 3 rings (SSSR count). The second kappa shape index (κ2) is 50.9. The number of hydrogen-bond acceptors (Lipinski definition) is 23. The van der Waals surface area contributed by atoms with E-state index in [2.05, 4.69) is 63.8 Å². The predicted octanol–water partition coefficient (Wildman–Crippen LogP) is -5.26. The number of aliphatic hydroxyl groups is 1. The molecule has 40 nitrogen and oxygen atoms in total. The number of carboxylic acid groups (broad SMARTS) is 3. The zero-order valence-corrected chi connectivity index (χ0v) is 65.0. The van der Waals surface area contributed by atoms with Crippen LogP contribution in [0.3, 0.4) is 0 Å². The summed E-state index contributed by atoms with van der Waals surface area (Å²) < 4.78 is 0. The van der Waals surface area contributed by atoms with Gasteiger partial charge in [-0.1, -0.05) is 83.0 Å². The van der Waals surface area contributed by atoms with Gasteiger partial charge in [0.1, 0.15) is 84.8 Å². The Bertz CT molecular complexity index is 3580. The highest BCUT2D eigenvalue weighted by Crippen LogP contribution is 2.21. The lowest BCUT2D eigenvalue weighted by Crippen LogP contribution is -2.62. The molecule has 0 aromatic heterocycles. The van der Waals surface area contributed by atoms with Gasteiger partial charge in [0.25, 0.3) is 0 Å². The highest BCUT2D eigenvalue weighted by Gasteiger charge is 2.42. The van der Waals surface area contributed by atoms with E-state index >= 15 is 0 Å². The van der Waals surface area contributed by atoms with E-state index in [1.165, 1.54) is 52.0 Å². The highest BCUT2D eigenvalue weighted by molar-refractivity contribution is 6.01. The average molecular weight is 1610 g/mol. The summed E-state index contributed by atoms with van der Waals surface area (Å²) in [4.78, 5) is 232. The fourth-order valence-electron chi connectivity index (χ4n) is 12.1. The summed E-state index contributed by atoms with van der Waals surface area (Å²) in [5.74, 6) is -20.1. The molecule has 14 atom stereocenters. The molecule has 2 aromatic rings. The Hall–Kier alpha value is -11.0. The quantitative estimate of drug-likeness (QED) is 0.0275. The molecule has 114 heavy (non-hydrogen) atoms. The third kappa shape index (κ3) is 34.6. The largest absolute Gasteiger partial charge is 0.508 e. The number of carbonyl (C=O) groups is 17. The Labute approximate surface area is 660 Å². The topological polar surface area (TPSA) is 669 Å². The van der Waals surface area contributed by atoms with Crippen LogP contribution in [0.15, 0.2) is 54.6 Å². The van der Waals surface area contributed by atoms with Crippen LogP contribution in [0.4, 0.5) is 0 Å². The van der Waals surface area contributed by atoms with Crippen molar-refractivity contribution in [3.63, 3.8) is 0 Å². The van der Waals surface area contributed by atoms with Gasteiger partial charge in [0.15, 0.2) is 0 Å². The minimum Gasteiger partial charge on any atom is -0.508 e. The van der Waals surface area contributed by atoms with Crippen LogP contribution < -0.4 is 92.5 Å². The first-order valence-electron chi connectivity index (χ1n) is 38.1. The smallest absolute Gasteiger partial charge is 0.322 e. The van der Waals surface area contributed by atoms with Crippen LogP contribution in [0.25, 0.3) is 0 Å². The number of nitrogens with zero attached hydrogens (tertiary/aromatic N) is 1. The van der Waals surface area contributed by atoms with Crippen LogP contribution in [0.1, 0.15) is 155 Å². The van der Waals surface area contributed by atoms with E-state index < -0.39 is 243 Å². The number of rotatable bonds is 54. The number of benzene rings is 2. The SMILES string of the molecule is CC[C@H](C)[C@H](NC(=O)[C@H](CC(N)=O)NC(=O)[C@@H](NC(=O)[C@H](Cc1ccc(O)cc1)NC(=O)[C@H](CCC(=O)O)NC(=O)[C@H](C)NC(=O)[C@@H]1CCCN1C(=O)[C@H](CO)NC(=O)[C@H](CCCCN)NC(=O)[C@H](CCCCN)NC(=O)[C@@H](N)CCCCN)C(C)C)C(=O)N[C@@H](CCC(=O)O)C(=O)N[C@@H](Cc1ccccc1)C(=O)NCC(=O)O. The molecule has 1 fully saturated rings. The van der Waals surface area contributed by atoms with Crippen molar-refractivity contribution >= 4 is 101 Å². The zero-order chi connectivity index (χ0) is 85.3. The molecule has 0 aliphatic carbocycles. The van der Waals surface area contributed by atoms with Gasteiger partial charge in [-0.25, -0.2) is 0 Å². The maximum atomic E-state index is 14.7. The van der Waals surface area contributed by atoms with E-state index in [0.29, 0.717) is 63.6 Å². The number of likely N-dealkylation sites (tertiary alicyclic amines) is 1. The summed E-state index contributed by atoms with van der Waals surface area (Å²) in [7, 11) is 0. The number of aliphatic carboxylic acids is 3. The zero-order valence-electron chi connectivity index (χ0n) is 65.0. The van der Waals surface area contributed by atoms with E-state index in [-0.39, 0.29) is 62.9 Å². The van der Waals surface area contributed by atoms with Crippen molar-refractivity contribution in [2.45, 2.75) is 235 Å². The molecular formula is C74H116N18O22. The minimum absolute atomic E-state index is 0.0116. The number of carboxylic acids is 3. The molecule has 27 N–H and O–H groups in total. The molecule has 2 aromatic carbocycles. The number of hydrogen-bond donors (Lipinski definition) is 22. The molecule has 0 unspecified atom stereocenters. The first-order valence-corrected chi connectivity index (χ1v) is 38.1. The lowest BCUT2D eigenvalue weighted by molar-refractivity contribution is -0.143. The summed E-state index contributed by atoms with van der Waals surface area (Å²) in [5.41, 5.74) is 29.5. The first kappa shape index (κ1) is 97.2. The van der Waals surface area contributed by atoms with Gasteiger partial charge in [-0.3, -0.25) is 81.5 Å². The number of aromatic hydroxyl groups is 1. The van der Waals surface area contributed by atoms with Gasteiger partial charge in [0, 0.05) is 32.2 Å². The van der Waals surface area contributed by atoms with Gasteiger partial charge in [0.2, 0.25) is 82.7 Å². The number of primary amides is 1. The Balaban J connectivity index is 1.88. The lowest BCUT2D eigenvalue weighted by Gasteiger charge is -2.30. The molecular weight excluding hydrogens is 1490 g/mol. The maximum Gasteiger partial charge on any atom is 0.322 e. The Morgan fingerprint density at radius 1 is 0.465 bits per heavy atom. The average Bonchev–Trinajstić information content (AvgIpc) is 1.58. The van der Waals surface area contributed by atoms with Crippen molar-refractivity contribution in [1.82, 2.24) is 68.7 Å². The van der Waals surface area contributed by atoms with Gasteiger partial charge in [0.05, 0.1) is 19.1 Å². The van der Waals surface area contributed by atoms with Crippen molar-refractivity contribution in [3.8, 4) is 5.75 Å². The third-order valence-electron chi connectivity index (χ3n) is 18.8. The number of nitrogens with two attached hydrogens (primary N) is 5. The van der Waals surface area contributed by atoms with Crippen molar-refractivity contribution in [2.75, 3.05) is 39.3 Å². The van der Waals surface area contributed by atoms with Crippen LogP contribution in [-0.4, -0.2) is 249 Å². The summed E-state index contributed by atoms with van der Waals surface area (Å²) in [5, 5.41) is 78.9. The van der Waals surface area contributed by atoms with E-state index in [1.807, 2.05) is 0 Å². The molecule has 0 bridgehead atoms. The lowest BCUT2D eigenvalue weighted by atomic mass is 9.96. The fraction of sp³-hybridized carbons (Fsp3) is 0.608. The molecule has 1 heterocycles. The highest BCUT2D eigenvalue weighted by atomic mass is 16.4. The van der Waals surface area contributed by atoms with Crippen molar-refractivity contribution in [2.24, 2.45) is 40.5 Å². The van der Waals surface area contributed by atoms with Crippen LogP contribution in [-0.2, 0) is 94.3 Å². The number of phenolic OH excluding ortho intramolecular Hbond substituents is 1. The van der Waals surface area contributed by atoms with Crippen LogP contribution in [0.5, 0.6) is 5.75 Å². The number of nitrogens with one attached hydrogen (secondary N) is 12. The molecule has 0 spiro atoms. The van der Waals surface area contributed by atoms with Crippen molar-refractivity contribution in [3.05, 3.63) is 65.7 Å². The molecule has 14 amide bonds. The number of unbranched alkanes of at least 4 members (excludes halogenated alkanes) is 3. The van der Waals surface area contributed by atoms with Crippen molar-refractivity contribution < 1.29 is 107 Å². The van der Waals surface area contributed by atoms with E-state index in [0.717, 1.165) is 4.90 Å². The summed E-state index contributed by atoms with van der Waals surface area (Å²) in [6.45, 7) is 6.31. The minimum atomic E-state index is -1.90.